The molecule has 2 N–H and O–H groups in total. The van der Waals surface area contributed by atoms with Gasteiger partial charge in [-0.3, -0.25) is 0 Å². The molecule has 0 amide bonds. The predicted octanol–water partition coefficient (Wildman–Crippen LogP) is 2.01. The van der Waals surface area contributed by atoms with Gasteiger partial charge in [-0.25, -0.2) is 9.37 Å². The van der Waals surface area contributed by atoms with Gasteiger partial charge in [0, 0.05) is 0 Å². The highest BCUT2D eigenvalue weighted by Crippen LogP contribution is 2.11. The van der Waals surface area contributed by atoms with Gasteiger partial charge in [0.05, 0.1) is 11.3 Å². The number of nitriles is 1. The largest absolute Gasteiger partial charge is 0.383 e. The summed E-state index contributed by atoms with van der Waals surface area (Å²) in [5.41, 5.74) is 5.59. The van der Waals surface area contributed by atoms with E-state index in [0.717, 1.165) is 6.07 Å². The second kappa shape index (κ2) is 5.09. The lowest BCUT2D eigenvalue weighted by atomic mass is 10.2. The lowest BCUT2D eigenvalue weighted by Crippen LogP contribution is -1.98. The average Bonchev–Trinajstić information content (AvgIpc) is 2.15. The molecular formula is C9H12FN3. The molecule has 13 heavy (non-hydrogen) atoms. The van der Waals surface area contributed by atoms with E-state index in [2.05, 4.69) is 4.98 Å². The van der Waals surface area contributed by atoms with Crippen molar-refractivity contribution >= 4 is 5.82 Å². The molecule has 0 atom stereocenters. The van der Waals surface area contributed by atoms with E-state index < -0.39 is 5.82 Å². The molecule has 0 aliphatic rings. The maximum Gasteiger partial charge on any atom is 0.145 e. The molecule has 0 spiro atoms. The van der Waals surface area contributed by atoms with Gasteiger partial charge in [-0.05, 0) is 13.0 Å². The van der Waals surface area contributed by atoms with Crippen molar-refractivity contribution in [3.8, 4) is 6.07 Å². The SMILES string of the molecule is CC.Cc1nc(N)c(C#N)cc1F. The van der Waals surface area contributed by atoms with Crippen LogP contribution in [-0.2, 0) is 0 Å². The van der Waals surface area contributed by atoms with Crippen LogP contribution in [0.4, 0.5) is 10.2 Å². The van der Waals surface area contributed by atoms with E-state index in [0.29, 0.717) is 0 Å². The van der Waals surface area contributed by atoms with Gasteiger partial charge in [0.1, 0.15) is 17.7 Å². The Hall–Kier alpha value is -1.63. The number of nitrogens with zero attached hydrogens (tertiary/aromatic N) is 2. The Morgan fingerprint density at radius 2 is 2.08 bits per heavy atom. The molecule has 0 unspecified atom stereocenters. The predicted molar refractivity (Wildman–Crippen MR) is 49.4 cm³/mol. The number of nitrogens with two attached hydrogens (primary N) is 1. The van der Waals surface area contributed by atoms with Crippen molar-refractivity contribution < 1.29 is 4.39 Å². The number of halogens is 1. The Morgan fingerprint density at radius 1 is 1.54 bits per heavy atom. The number of aromatic nitrogens is 1. The van der Waals surface area contributed by atoms with Gasteiger partial charge < -0.3 is 5.73 Å². The quantitative estimate of drug-likeness (QED) is 0.665. The molecule has 1 aromatic heterocycles. The summed E-state index contributed by atoms with van der Waals surface area (Å²) in [5.74, 6) is -0.429. The van der Waals surface area contributed by atoms with E-state index >= 15 is 0 Å². The molecule has 1 heterocycles. The van der Waals surface area contributed by atoms with Gasteiger partial charge in [-0.2, -0.15) is 5.26 Å². The van der Waals surface area contributed by atoms with Gasteiger partial charge in [0.15, 0.2) is 0 Å². The molecule has 1 rings (SSSR count). The summed E-state index contributed by atoms with van der Waals surface area (Å²) in [6.07, 6.45) is 0. The Labute approximate surface area is 77.0 Å². The van der Waals surface area contributed by atoms with Crippen molar-refractivity contribution in [1.29, 1.82) is 5.26 Å². The van der Waals surface area contributed by atoms with Gasteiger partial charge in [0.25, 0.3) is 0 Å². The van der Waals surface area contributed by atoms with E-state index in [4.69, 9.17) is 11.0 Å². The molecule has 3 nitrogen and oxygen atoms in total. The second-order valence-corrected chi connectivity index (χ2v) is 2.10. The molecule has 0 fully saturated rings. The Morgan fingerprint density at radius 3 is 2.54 bits per heavy atom. The molecule has 0 bridgehead atoms. The standard InChI is InChI=1S/C7H6FN3.C2H6/c1-4-6(8)2-5(3-9)7(10)11-4;1-2/h2H,1H3,(H2,10,11);1-2H3. The fourth-order valence-electron chi connectivity index (χ4n) is 0.689. The molecular weight excluding hydrogens is 169 g/mol. The monoisotopic (exact) mass is 181 g/mol. The molecule has 0 aliphatic heterocycles. The molecule has 0 radical (unpaired) electrons. The van der Waals surface area contributed by atoms with Crippen molar-refractivity contribution in [1.82, 2.24) is 4.98 Å². The van der Waals surface area contributed by atoms with Crippen LogP contribution in [0.15, 0.2) is 6.07 Å². The van der Waals surface area contributed by atoms with Crippen molar-refractivity contribution in [2.24, 2.45) is 0 Å². The first kappa shape index (κ1) is 11.4. The minimum atomic E-state index is -0.504. The second-order valence-electron chi connectivity index (χ2n) is 2.10. The third-order valence-corrected chi connectivity index (χ3v) is 1.30. The van der Waals surface area contributed by atoms with E-state index in [1.807, 2.05) is 13.8 Å². The molecule has 0 saturated carbocycles. The van der Waals surface area contributed by atoms with Crippen LogP contribution in [0.3, 0.4) is 0 Å². The minimum Gasteiger partial charge on any atom is -0.383 e. The van der Waals surface area contributed by atoms with Gasteiger partial charge in [0.2, 0.25) is 0 Å². The van der Waals surface area contributed by atoms with E-state index in [9.17, 15) is 4.39 Å². The van der Waals surface area contributed by atoms with E-state index in [1.165, 1.54) is 6.92 Å². The van der Waals surface area contributed by atoms with Crippen LogP contribution < -0.4 is 5.73 Å². The number of pyridine rings is 1. The van der Waals surface area contributed by atoms with Crippen molar-refractivity contribution in [2.75, 3.05) is 5.73 Å². The molecule has 4 heteroatoms. The van der Waals surface area contributed by atoms with Crippen molar-refractivity contribution in [3.63, 3.8) is 0 Å². The fourth-order valence-corrected chi connectivity index (χ4v) is 0.689. The van der Waals surface area contributed by atoms with Crippen LogP contribution >= 0.6 is 0 Å². The smallest absolute Gasteiger partial charge is 0.145 e. The van der Waals surface area contributed by atoms with E-state index in [1.54, 1.807) is 6.07 Å². The normalized spacial score (nSPS) is 8.23. The molecule has 0 saturated heterocycles. The highest BCUT2D eigenvalue weighted by Gasteiger charge is 2.04. The Bertz CT molecular complexity index is 328. The zero-order valence-corrected chi connectivity index (χ0v) is 7.93. The summed E-state index contributed by atoms with van der Waals surface area (Å²) >= 11 is 0. The fraction of sp³-hybridized carbons (Fsp3) is 0.333. The lowest BCUT2D eigenvalue weighted by Gasteiger charge is -1.98. The molecule has 70 valence electrons. The summed E-state index contributed by atoms with van der Waals surface area (Å²) in [6, 6.07) is 2.82. The van der Waals surface area contributed by atoms with Crippen LogP contribution in [0.2, 0.25) is 0 Å². The first-order valence-electron chi connectivity index (χ1n) is 3.98. The van der Waals surface area contributed by atoms with Crippen LogP contribution in [-0.4, -0.2) is 4.98 Å². The number of nitrogen functional groups attached to an aromatic ring is 1. The van der Waals surface area contributed by atoms with Crippen molar-refractivity contribution in [2.45, 2.75) is 20.8 Å². The zero-order chi connectivity index (χ0) is 10.4. The highest BCUT2D eigenvalue weighted by atomic mass is 19.1. The maximum atomic E-state index is 12.7. The molecule has 0 aromatic carbocycles. The van der Waals surface area contributed by atoms with Gasteiger partial charge >= 0.3 is 0 Å². The topological polar surface area (TPSA) is 62.7 Å². The van der Waals surface area contributed by atoms with Crippen LogP contribution in [0.5, 0.6) is 0 Å². The number of hydrogen-bond acceptors (Lipinski definition) is 3. The summed E-state index contributed by atoms with van der Waals surface area (Å²) in [7, 11) is 0. The Balaban J connectivity index is 0.000000671. The molecule has 1 aromatic rings. The number of anilines is 1. The first-order chi connectivity index (χ1) is 6.15. The zero-order valence-electron chi connectivity index (χ0n) is 7.93. The van der Waals surface area contributed by atoms with Gasteiger partial charge in [-0.15, -0.1) is 0 Å². The summed E-state index contributed by atoms with van der Waals surface area (Å²) in [6.45, 7) is 5.49. The maximum absolute atomic E-state index is 12.7. The van der Waals surface area contributed by atoms with Crippen LogP contribution in [0.25, 0.3) is 0 Å². The van der Waals surface area contributed by atoms with Crippen LogP contribution in [0.1, 0.15) is 25.1 Å². The van der Waals surface area contributed by atoms with E-state index in [-0.39, 0.29) is 17.1 Å². The number of aryl methyl sites for hydroxylation is 1. The summed E-state index contributed by atoms with van der Waals surface area (Å²) in [4.78, 5) is 3.62. The third-order valence-electron chi connectivity index (χ3n) is 1.30. The van der Waals surface area contributed by atoms with Crippen LogP contribution in [0, 0.1) is 24.1 Å². The number of rotatable bonds is 0. The summed E-state index contributed by atoms with van der Waals surface area (Å²) < 4.78 is 12.7. The lowest BCUT2D eigenvalue weighted by molar-refractivity contribution is 0.610. The third kappa shape index (κ3) is 2.71. The molecule has 0 aliphatic carbocycles. The summed E-state index contributed by atoms with van der Waals surface area (Å²) in [5, 5.41) is 8.40. The number of hydrogen-bond donors (Lipinski definition) is 1. The van der Waals surface area contributed by atoms with Crippen molar-refractivity contribution in [3.05, 3.63) is 23.1 Å². The minimum absolute atomic E-state index is 0.0754. The Kier molecular flexibility index (Phi) is 4.45. The first-order valence-corrected chi connectivity index (χ1v) is 3.98. The average molecular weight is 181 g/mol. The highest BCUT2D eigenvalue weighted by molar-refractivity contribution is 5.48. The van der Waals surface area contributed by atoms with Gasteiger partial charge in [-0.1, -0.05) is 13.8 Å².